The van der Waals surface area contributed by atoms with Crippen molar-refractivity contribution in [2.45, 2.75) is 12.0 Å². The Morgan fingerprint density at radius 2 is 1.68 bits per heavy atom. The lowest BCUT2D eigenvalue weighted by atomic mass is 9.81. The smallest absolute Gasteiger partial charge is 0.231 e. The second-order valence-corrected chi connectivity index (χ2v) is 6.77. The highest BCUT2D eigenvalue weighted by Gasteiger charge is 2.40. The SMILES string of the molecule is COc1ccc2c(c1)OC(c1ccc3c(c1)OCO3)C(c1ccccc1)C2=O. The molecule has 2 heterocycles. The van der Waals surface area contributed by atoms with Crippen LogP contribution < -0.4 is 18.9 Å². The van der Waals surface area contributed by atoms with Crippen LogP contribution in [-0.4, -0.2) is 19.7 Å². The Bertz CT molecular complexity index is 1040. The molecule has 5 heteroatoms. The minimum Gasteiger partial charge on any atom is -0.497 e. The summed E-state index contributed by atoms with van der Waals surface area (Å²) < 4.78 is 22.6. The Hall–Kier alpha value is -3.47. The third-order valence-corrected chi connectivity index (χ3v) is 5.18. The fraction of sp³-hybridized carbons (Fsp3) is 0.174. The van der Waals surface area contributed by atoms with Crippen LogP contribution in [0.2, 0.25) is 0 Å². The molecule has 0 aromatic heterocycles. The molecule has 2 aliphatic heterocycles. The lowest BCUT2D eigenvalue weighted by molar-refractivity contribution is 0.0780. The summed E-state index contributed by atoms with van der Waals surface area (Å²) in [4.78, 5) is 13.5. The molecule has 3 aromatic carbocycles. The molecule has 0 saturated heterocycles. The first-order valence-corrected chi connectivity index (χ1v) is 9.08. The molecule has 5 nitrogen and oxygen atoms in total. The standard InChI is InChI=1S/C23H18O5/c1-25-16-8-9-17-19(12-16)28-23(15-7-10-18-20(11-15)27-13-26-18)21(22(17)24)14-5-3-2-4-6-14/h2-12,21,23H,13H2,1H3. The summed E-state index contributed by atoms with van der Waals surface area (Å²) in [6, 6.07) is 20.7. The molecule has 0 radical (unpaired) electrons. The van der Waals surface area contributed by atoms with E-state index in [0.29, 0.717) is 28.6 Å². The molecule has 28 heavy (non-hydrogen) atoms. The van der Waals surface area contributed by atoms with Crippen LogP contribution in [-0.2, 0) is 0 Å². The van der Waals surface area contributed by atoms with Gasteiger partial charge in [0.15, 0.2) is 17.3 Å². The zero-order valence-electron chi connectivity index (χ0n) is 15.3. The molecule has 5 rings (SSSR count). The van der Waals surface area contributed by atoms with E-state index in [-0.39, 0.29) is 12.6 Å². The van der Waals surface area contributed by atoms with Gasteiger partial charge in [-0.1, -0.05) is 36.4 Å². The van der Waals surface area contributed by atoms with Crippen LogP contribution in [0.25, 0.3) is 0 Å². The van der Waals surface area contributed by atoms with Crippen LogP contribution in [0.5, 0.6) is 23.0 Å². The van der Waals surface area contributed by atoms with E-state index in [1.54, 1.807) is 25.3 Å². The van der Waals surface area contributed by atoms with Gasteiger partial charge in [-0.2, -0.15) is 0 Å². The molecule has 0 saturated carbocycles. The number of fused-ring (bicyclic) bond motifs is 2. The third-order valence-electron chi connectivity index (χ3n) is 5.18. The van der Waals surface area contributed by atoms with E-state index in [9.17, 15) is 4.79 Å². The lowest BCUT2D eigenvalue weighted by Gasteiger charge is -2.33. The summed E-state index contributed by atoms with van der Waals surface area (Å²) in [6.07, 6.45) is -0.482. The van der Waals surface area contributed by atoms with Crippen LogP contribution in [0.1, 0.15) is 33.5 Å². The summed E-state index contributed by atoms with van der Waals surface area (Å²) in [7, 11) is 1.59. The van der Waals surface area contributed by atoms with E-state index < -0.39 is 12.0 Å². The molecule has 2 atom stereocenters. The zero-order chi connectivity index (χ0) is 19.1. The zero-order valence-corrected chi connectivity index (χ0v) is 15.3. The molecule has 0 aliphatic carbocycles. The molecule has 0 spiro atoms. The maximum Gasteiger partial charge on any atom is 0.231 e. The molecular formula is C23H18O5. The van der Waals surface area contributed by atoms with Crippen molar-refractivity contribution in [1.82, 2.24) is 0 Å². The van der Waals surface area contributed by atoms with Gasteiger partial charge in [-0.15, -0.1) is 0 Å². The summed E-state index contributed by atoms with van der Waals surface area (Å²) in [5.41, 5.74) is 2.34. The second-order valence-electron chi connectivity index (χ2n) is 6.77. The van der Waals surface area contributed by atoms with E-state index >= 15 is 0 Å². The Morgan fingerprint density at radius 1 is 0.857 bits per heavy atom. The van der Waals surface area contributed by atoms with E-state index in [1.165, 1.54) is 0 Å². The number of ketones is 1. The normalized spacial score (nSPS) is 19.7. The first kappa shape index (κ1) is 16.7. The maximum absolute atomic E-state index is 13.5. The molecule has 140 valence electrons. The van der Waals surface area contributed by atoms with Crippen molar-refractivity contribution in [3.05, 3.63) is 83.4 Å². The highest BCUT2D eigenvalue weighted by molar-refractivity contribution is 6.04. The summed E-state index contributed by atoms with van der Waals surface area (Å²) in [5, 5.41) is 0. The first-order chi connectivity index (χ1) is 13.7. The number of hydrogen-bond donors (Lipinski definition) is 0. The second kappa shape index (κ2) is 6.60. The molecular weight excluding hydrogens is 356 g/mol. The van der Waals surface area contributed by atoms with Gasteiger partial charge in [0, 0.05) is 6.07 Å². The largest absolute Gasteiger partial charge is 0.497 e. The number of methoxy groups -OCH3 is 1. The Labute approximate surface area is 162 Å². The van der Waals surface area contributed by atoms with Crippen LogP contribution >= 0.6 is 0 Å². The van der Waals surface area contributed by atoms with Gasteiger partial charge < -0.3 is 18.9 Å². The Kier molecular flexibility index (Phi) is 3.93. The van der Waals surface area contributed by atoms with Crippen LogP contribution in [0.15, 0.2) is 66.7 Å². The van der Waals surface area contributed by atoms with Gasteiger partial charge in [-0.3, -0.25) is 4.79 Å². The summed E-state index contributed by atoms with van der Waals surface area (Å²) >= 11 is 0. The van der Waals surface area contributed by atoms with Gasteiger partial charge in [0.2, 0.25) is 6.79 Å². The van der Waals surface area contributed by atoms with Crippen LogP contribution in [0, 0.1) is 0 Å². The minimum atomic E-state index is -0.482. The van der Waals surface area contributed by atoms with Crippen LogP contribution in [0.3, 0.4) is 0 Å². The minimum absolute atomic E-state index is 0.0257. The van der Waals surface area contributed by atoms with Crippen molar-refractivity contribution < 1.29 is 23.7 Å². The Morgan fingerprint density at radius 3 is 2.50 bits per heavy atom. The highest BCUT2D eigenvalue weighted by Crippen LogP contribution is 2.46. The number of Topliss-reactive ketones (excluding diaryl/α,β-unsaturated/α-hetero) is 1. The predicted octanol–water partition coefficient (Wildman–Crippen LogP) is 4.52. The average molecular weight is 374 g/mol. The number of rotatable bonds is 3. The van der Waals surface area contributed by atoms with Crippen LogP contribution in [0.4, 0.5) is 0 Å². The van der Waals surface area contributed by atoms with E-state index in [2.05, 4.69) is 0 Å². The average Bonchev–Trinajstić information content (AvgIpc) is 3.21. The van der Waals surface area contributed by atoms with Gasteiger partial charge >= 0.3 is 0 Å². The topological polar surface area (TPSA) is 54.0 Å². The van der Waals surface area contributed by atoms with Crippen molar-refractivity contribution in [3.8, 4) is 23.0 Å². The van der Waals surface area contributed by atoms with Crippen molar-refractivity contribution >= 4 is 5.78 Å². The number of hydrogen-bond acceptors (Lipinski definition) is 5. The summed E-state index contributed by atoms with van der Waals surface area (Å²) in [6.45, 7) is 0.200. The third kappa shape index (κ3) is 2.67. The van der Waals surface area contributed by atoms with E-state index in [4.69, 9.17) is 18.9 Å². The van der Waals surface area contributed by atoms with E-state index in [0.717, 1.165) is 11.1 Å². The number of carbonyl (C=O) groups is 1. The fourth-order valence-corrected chi connectivity index (χ4v) is 3.78. The van der Waals surface area contributed by atoms with Gasteiger partial charge in [-0.05, 0) is 35.4 Å². The number of carbonyl (C=O) groups excluding carboxylic acids is 1. The van der Waals surface area contributed by atoms with Crippen molar-refractivity contribution in [3.63, 3.8) is 0 Å². The molecule has 2 aliphatic rings. The van der Waals surface area contributed by atoms with Gasteiger partial charge in [0.05, 0.1) is 18.6 Å². The molecule has 2 unspecified atom stereocenters. The lowest BCUT2D eigenvalue weighted by Crippen LogP contribution is -2.30. The van der Waals surface area contributed by atoms with Crippen molar-refractivity contribution in [1.29, 1.82) is 0 Å². The van der Waals surface area contributed by atoms with Crippen molar-refractivity contribution in [2.75, 3.05) is 13.9 Å². The number of ether oxygens (including phenoxy) is 4. The fourth-order valence-electron chi connectivity index (χ4n) is 3.78. The molecule has 3 aromatic rings. The van der Waals surface area contributed by atoms with Gasteiger partial charge in [0.1, 0.15) is 17.6 Å². The van der Waals surface area contributed by atoms with Crippen molar-refractivity contribution in [2.24, 2.45) is 0 Å². The van der Waals surface area contributed by atoms with E-state index in [1.807, 2.05) is 48.5 Å². The molecule has 0 bridgehead atoms. The molecule has 0 N–H and O–H groups in total. The van der Waals surface area contributed by atoms with Gasteiger partial charge in [0.25, 0.3) is 0 Å². The first-order valence-electron chi connectivity index (χ1n) is 9.08. The monoisotopic (exact) mass is 374 g/mol. The van der Waals surface area contributed by atoms with Gasteiger partial charge in [-0.25, -0.2) is 0 Å². The predicted molar refractivity (Wildman–Crippen MR) is 102 cm³/mol. The quantitative estimate of drug-likeness (QED) is 0.674. The molecule has 0 amide bonds. The maximum atomic E-state index is 13.5. The summed E-state index contributed by atoms with van der Waals surface area (Å²) in [5.74, 6) is 2.11. The molecule has 0 fully saturated rings. The Balaban J connectivity index is 1.64. The highest BCUT2D eigenvalue weighted by atomic mass is 16.7. The number of benzene rings is 3.